The van der Waals surface area contributed by atoms with Crippen molar-refractivity contribution in [2.45, 2.75) is 6.92 Å². The molecule has 0 N–H and O–H groups in total. The van der Waals surface area contributed by atoms with E-state index in [9.17, 15) is 14.4 Å². The lowest BCUT2D eigenvalue weighted by atomic mass is 10.0. The Kier molecular flexibility index (Phi) is 3.35. The highest BCUT2D eigenvalue weighted by Gasteiger charge is 2.38. The van der Waals surface area contributed by atoms with Gasteiger partial charge in [0.25, 0.3) is 11.8 Å². The van der Waals surface area contributed by atoms with Gasteiger partial charge in [-0.15, -0.1) is 0 Å². The minimum absolute atomic E-state index is 0.232. The van der Waals surface area contributed by atoms with Crippen LogP contribution in [-0.2, 0) is 4.84 Å². The molecule has 4 rings (SSSR count). The summed E-state index contributed by atoms with van der Waals surface area (Å²) in [5, 5.41) is 2.44. The first-order chi connectivity index (χ1) is 12.1. The Morgan fingerprint density at radius 2 is 1.44 bits per heavy atom. The molecule has 0 radical (unpaired) electrons. The van der Waals surface area contributed by atoms with E-state index in [0.29, 0.717) is 10.6 Å². The van der Waals surface area contributed by atoms with E-state index < -0.39 is 17.8 Å². The number of fused-ring (bicyclic) bond motifs is 2. The van der Waals surface area contributed by atoms with Crippen molar-refractivity contribution in [3.8, 4) is 0 Å². The first kappa shape index (κ1) is 15.1. The van der Waals surface area contributed by atoms with Gasteiger partial charge >= 0.3 is 5.97 Å². The van der Waals surface area contributed by atoms with Crippen LogP contribution in [0.25, 0.3) is 10.8 Å². The molecule has 0 atom stereocenters. The highest BCUT2D eigenvalue weighted by atomic mass is 16.7. The number of hydrogen-bond acceptors (Lipinski definition) is 4. The zero-order valence-corrected chi connectivity index (χ0v) is 13.4. The Hall–Kier alpha value is -3.47. The van der Waals surface area contributed by atoms with Crippen LogP contribution in [0, 0.1) is 6.92 Å². The minimum Gasteiger partial charge on any atom is -0.324 e. The molecule has 122 valence electrons. The first-order valence-electron chi connectivity index (χ1n) is 7.76. The number of imide groups is 1. The number of carbonyl (C=O) groups excluding carboxylic acids is 3. The molecule has 0 saturated heterocycles. The Balaban J connectivity index is 1.67. The molecule has 1 aliphatic rings. The fourth-order valence-electron chi connectivity index (χ4n) is 3.03. The molecular weight excluding hydrogens is 318 g/mol. The highest BCUT2D eigenvalue weighted by Crippen LogP contribution is 2.26. The molecular formula is C20H13NO4. The van der Waals surface area contributed by atoms with Gasteiger partial charge in [-0.05, 0) is 41.5 Å². The van der Waals surface area contributed by atoms with Crippen molar-refractivity contribution in [3.63, 3.8) is 0 Å². The van der Waals surface area contributed by atoms with Gasteiger partial charge in [0.2, 0.25) is 0 Å². The largest absolute Gasteiger partial charge is 0.364 e. The molecule has 5 nitrogen and oxygen atoms in total. The number of amides is 2. The second-order valence-electron chi connectivity index (χ2n) is 5.79. The standard InChI is InChI=1S/C20H13NO4/c1-12-14-7-3-2-6-13(14)10-11-15(12)20(24)25-21-18(22)16-8-4-5-9-17(16)19(21)23/h2-11H,1H3. The second kappa shape index (κ2) is 5.56. The number of hydroxylamine groups is 2. The van der Waals surface area contributed by atoms with Crippen molar-refractivity contribution in [2.24, 2.45) is 0 Å². The predicted molar refractivity (Wildman–Crippen MR) is 91.0 cm³/mol. The lowest BCUT2D eigenvalue weighted by Gasteiger charge is -2.14. The van der Waals surface area contributed by atoms with Crippen LogP contribution >= 0.6 is 0 Å². The molecule has 0 unspecified atom stereocenters. The topological polar surface area (TPSA) is 63.7 Å². The van der Waals surface area contributed by atoms with Gasteiger partial charge in [-0.2, -0.15) is 0 Å². The van der Waals surface area contributed by atoms with E-state index in [0.717, 1.165) is 16.3 Å². The van der Waals surface area contributed by atoms with Crippen molar-refractivity contribution >= 4 is 28.6 Å². The SMILES string of the molecule is Cc1c(C(=O)ON2C(=O)c3ccccc3C2=O)ccc2ccccc12. The van der Waals surface area contributed by atoms with Gasteiger partial charge in [0.05, 0.1) is 16.7 Å². The maximum atomic E-state index is 12.5. The Labute approximate surface area is 143 Å². The molecule has 1 heterocycles. The van der Waals surface area contributed by atoms with E-state index in [1.165, 1.54) is 12.1 Å². The fraction of sp³-hybridized carbons (Fsp3) is 0.0500. The zero-order chi connectivity index (χ0) is 17.6. The average Bonchev–Trinajstić information content (AvgIpc) is 2.87. The summed E-state index contributed by atoms with van der Waals surface area (Å²) >= 11 is 0. The summed E-state index contributed by atoms with van der Waals surface area (Å²) in [7, 11) is 0. The third-order valence-electron chi connectivity index (χ3n) is 4.35. The quantitative estimate of drug-likeness (QED) is 0.674. The van der Waals surface area contributed by atoms with Crippen LogP contribution in [0.15, 0.2) is 60.7 Å². The van der Waals surface area contributed by atoms with Crippen molar-refractivity contribution in [3.05, 3.63) is 82.9 Å². The van der Waals surface area contributed by atoms with E-state index in [-0.39, 0.29) is 11.1 Å². The van der Waals surface area contributed by atoms with Crippen molar-refractivity contribution < 1.29 is 19.2 Å². The van der Waals surface area contributed by atoms with Gasteiger partial charge in [-0.3, -0.25) is 9.59 Å². The summed E-state index contributed by atoms with van der Waals surface area (Å²) in [6.07, 6.45) is 0. The molecule has 3 aromatic rings. The van der Waals surface area contributed by atoms with Crippen LogP contribution in [0.5, 0.6) is 0 Å². The van der Waals surface area contributed by atoms with Crippen LogP contribution in [0.1, 0.15) is 36.6 Å². The fourth-order valence-corrected chi connectivity index (χ4v) is 3.03. The van der Waals surface area contributed by atoms with Crippen LogP contribution in [0.3, 0.4) is 0 Å². The van der Waals surface area contributed by atoms with Crippen molar-refractivity contribution in [1.29, 1.82) is 0 Å². The first-order valence-corrected chi connectivity index (χ1v) is 7.76. The van der Waals surface area contributed by atoms with Crippen molar-refractivity contribution in [2.75, 3.05) is 0 Å². The third-order valence-corrected chi connectivity index (χ3v) is 4.35. The van der Waals surface area contributed by atoms with E-state index >= 15 is 0 Å². The number of nitrogens with zero attached hydrogens (tertiary/aromatic N) is 1. The van der Waals surface area contributed by atoms with Crippen LogP contribution < -0.4 is 0 Å². The lowest BCUT2D eigenvalue weighted by Crippen LogP contribution is -2.32. The number of aryl methyl sites for hydroxylation is 1. The van der Waals surface area contributed by atoms with Crippen LogP contribution in [0.4, 0.5) is 0 Å². The molecule has 1 aliphatic heterocycles. The zero-order valence-electron chi connectivity index (χ0n) is 13.4. The molecule has 0 aliphatic carbocycles. The molecule has 0 saturated carbocycles. The Morgan fingerprint density at radius 3 is 2.12 bits per heavy atom. The summed E-state index contributed by atoms with van der Waals surface area (Å²) in [5.41, 5.74) is 1.51. The molecule has 2 amide bonds. The van der Waals surface area contributed by atoms with Crippen LogP contribution in [0.2, 0.25) is 0 Å². The number of carbonyl (C=O) groups is 3. The number of hydrogen-bond donors (Lipinski definition) is 0. The summed E-state index contributed by atoms with van der Waals surface area (Å²) in [6, 6.07) is 17.5. The van der Waals surface area contributed by atoms with Crippen molar-refractivity contribution in [1.82, 2.24) is 5.06 Å². The van der Waals surface area contributed by atoms with E-state index in [2.05, 4.69) is 0 Å². The maximum Gasteiger partial charge on any atom is 0.364 e. The monoisotopic (exact) mass is 331 g/mol. The summed E-state index contributed by atoms with van der Waals surface area (Å²) in [5.74, 6) is -2.00. The van der Waals surface area contributed by atoms with Gasteiger partial charge in [0, 0.05) is 0 Å². The molecule has 5 heteroatoms. The van der Waals surface area contributed by atoms with Gasteiger partial charge in [-0.1, -0.05) is 47.5 Å². The van der Waals surface area contributed by atoms with E-state index in [1.807, 2.05) is 24.3 Å². The summed E-state index contributed by atoms with van der Waals surface area (Å²) < 4.78 is 0. The summed E-state index contributed by atoms with van der Waals surface area (Å²) in [4.78, 5) is 42.3. The predicted octanol–water partition coefficient (Wildman–Crippen LogP) is 3.52. The third kappa shape index (κ3) is 2.29. The average molecular weight is 331 g/mol. The Bertz CT molecular complexity index is 1020. The maximum absolute atomic E-state index is 12.5. The molecule has 0 spiro atoms. The lowest BCUT2D eigenvalue weighted by molar-refractivity contribution is -0.0585. The number of rotatable bonds is 2. The number of benzene rings is 3. The van der Waals surface area contributed by atoms with E-state index in [4.69, 9.17) is 4.84 Å². The smallest absolute Gasteiger partial charge is 0.324 e. The van der Waals surface area contributed by atoms with Gasteiger partial charge in [0.1, 0.15) is 0 Å². The molecule has 3 aromatic carbocycles. The highest BCUT2D eigenvalue weighted by molar-refractivity contribution is 6.21. The van der Waals surface area contributed by atoms with Gasteiger partial charge in [-0.25, -0.2) is 4.79 Å². The van der Waals surface area contributed by atoms with Crippen LogP contribution in [-0.4, -0.2) is 22.8 Å². The molecule has 0 fully saturated rings. The van der Waals surface area contributed by atoms with Gasteiger partial charge < -0.3 is 4.84 Å². The summed E-state index contributed by atoms with van der Waals surface area (Å²) in [6.45, 7) is 1.81. The molecule has 0 aromatic heterocycles. The van der Waals surface area contributed by atoms with E-state index in [1.54, 1.807) is 31.2 Å². The molecule has 0 bridgehead atoms. The minimum atomic E-state index is -0.738. The van der Waals surface area contributed by atoms with Gasteiger partial charge in [0.15, 0.2) is 0 Å². The second-order valence-corrected chi connectivity index (χ2v) is 5.79. The normalized spacial score (nSPS) is 13.2. The Morgan fingerprint density at radius 1 is 0.840 bits per heavy atom. The molecule has 25 heavy (non-hydrogen) atoms.